The predicted octanol–water partition coefficient (Wildman–Crippen LogP) is 1.43. The molecule has 1 aromatic carbocycles. The number of nitrogens with two attached hydrogens (primary N) is 1. The summed E-state index contributed by atoms with van der Waals surface area (Å²) in [5, 5.41) is 0. The molecule has 2 aliphatic heterocycles. The summed E-state index contributed by atoms with van der Waals surface area (Å²) in [6.45, 7) is 5.48. The Kier molecular flexibility index (Phi) is 3.04. The van der Waals surface area contributed by atoms with Gasteiger partial charge >= 0.3 is 0 Å². The van der Waals surface area contributed by atoms with Gasteiger partial charge in [0.25, 0.3) is 0 Å². The second-order valence-electron chi connectivity index (χ2n) is 5.11. The SMILES string of the molecule is NCc1ccccc1N1CCN2CCC[C@H]2C1. The molecule has 0 unspecified atom stereocenters. The quantitative estimate of drug-likeness (QED) is 0.835. The second-order valence-corrected chi connectivity index (χ2v) is 5.11. The summed E-state index contributed by atoms with van der Waals surface area (Å²) in [7, 11) is 0. The molecule has 17 heavy (non-hydrogen) atoms. The summed E-state index contributed by atoms with van der Waals surface area (Å²) in [6, 6.07) is 9.34. The minimum absolute atomic E-state index is 0.640. The van der Waals surface area contributed by atoms with E-state index >= 15 is 0 Å². The van der Waals surface area contributed by atoms with Crippen molar-refractivity contribution in [3.05, 3.63) is 29.8 Å². The number of hydrogen-bond donors (Lipinski definition) is 1. The largest absolute Gasteiger partial charge is 0.368 e. The van der Waals surface area contributed by atoms with Crippen LogP contribution in [0.5, 0.6) is 0 Å². The van der Waals surface area contributed by atoms with Gasteiger partial charge in [0.1, 0.15) is 0 Å². The topological polar surface area (TPSA) is 32.5 Å². The average Bonchev–Trinajstić information content (AvgIpc) is 2.85. The van der Waals surface area contributed by atoms with E-state index in [-0.39, 0.29) is 0 Å². The normalized spacial score (nSPS) is 25.0. The van der Waals surface area contributed by atoms with Crippen LogP contribution in [0.25, 0.3) is 0 Å². The van der Waals surface area contributed by atoms with Crippen LogP contribution in [0.2, 0.25) is 0 Å². The Morgan fingerprint density at radius 2 is 2.06 bits per heavy atom. The van der Waals surface area contributed by atoms with Gasteiger partial charge in [-0.05, 0) is 31.0 Å². The third-order valence-electron chi connectivity index (χ3n) is 4.14. The number of piperazine rings is 1. The smallest absolute Gasteiger partial charge is 0.0412 e. The molecule has 1 atom stereocenters. The van der Waals surface area contributed by atoms with E-state index in [0.717, 1.165) is 12.6 Å². The van der Waals surface area contributed by atoms with Gasteiger partial charge in [0.2, 0.25) is 0 Å². The van der Waals surface area contributed by atoms with Crippen molar-refractivity contribution in [2.75, 3.05) is 31.1 Å². The highest BCUT2D eigenvalue weighted by atomic mass is 15.3. The first kappa shape index (κ1) is 11.1. The van der Waals surface area contributed by atoms with E-state index in [9.17, 15) is 0 Å². The molecule has 0 bridgehead atoms. The van der Waals surface area contributed by atoms with Crippen molar-refractivity contribution in [2.24, 2.45) is 5.73 Å². The van der Waals surface area contributed by atoms with E-state index in [4.69, 9.17) is 5.73 Å². The molecule has 3 heteroatoms. The van der Waals surface area contributed by atoms with Crippen LogP contribution in [-0.2, 0) is 6.54 Å². The minimum atomic E-state index is 0.640. The lowest BCUT2D eigenvalue weighted by Crippen LogP contribution is -2.50. The van der Waals surface area contributed by atoms with E-state index < -0.39 is 0 Å². The van der Waals surface area contributed by atoms with Crippen LogP contribution in [0.15, 0.2) is 24.3 Å². The van der Waals surface area contributed by atoms with Gasteiger partial charge in [0.05, 0.1) is 0 Å². The van der Waals surface area contributed by atoms with Crippen molar-refractivity contribution in [2.45, 2.75) is 25.4 Å². The Balaban J connectivity index is 1.80. The lowest BCUT2D eigenvalue weighted by atomic mass is 10.1. The zero-order valence-corrected chi connectivity index (χ0v) is 10.3. The van der Waals surface area contributed by atoms with Crippen molar-refractivity contribution in [1.82, 2.24) is 4.90 Å². The van der Waals surface area contributed by atoms with Crippen molar-refractivity contribution in [3.63, 3.8) is 0 Å². The standard InChI is InChI=1S/C14H21N3/c15-10-12-4-1-2-6-14(12)17-9-8-16-7-3-5-13(16)11-17/h1-2,4,6,13H,3,5,7-11,15H2/t13-/m0/s1. The van der Waals surface area contributed by atoms with Gasteiger partial charge in [-0.25, -0.2) is 0 Å². The molecule has 0 radical (unpaired) electrons. The highest BCUT2D eigenvalue weighted by Gasteiger charge is 2.30. The van der Waals surface area contributed by atoms with E-state index in [1.807, 2.05) is 0 Å². The number of fused-ring (bicyclic) bond motifs is 1. The van der Waals surface area contributed by atoms with Crippen LogP contribution < -0.4 is 10.6 Å². The van der Waals surface area contributed by atoms with Crippen LogP contribution in [0.1, 0.15) is 18.4 Å². The van der Waals surface area contributed by atoms with Crippen LogP contribution >= 0.6 is 0 Å². The Bertz CT molecular complexity index is 391. The van der Waals surface area contributed by atoms with E-state index in [1.165, 1.54) is 43.7 Å². The second kappa shape index (κ2) is 4.67. The lowest BCUT2D eigenvalue weighted by Gasteiger charge is -2.39. The maximum absolute atomic E-state index is 5.83. The molecule has 0 amide bonds. The molecule has 1 aromatic rings. The Hall–Kier alpha value is -1.06. The van der Waals surface area contributed by atoms with Gasteiger partial charge in [-0.15, -0.1) is 0 Å². The Morgan fingerprint density at radius 1 is 1.18 bits per heavy atom. The number of anilines is 1. The lowest BCUT2D eigenvalue weighted by molar-refractivity contribution is 0.231. The summed E-state index contributed by atoms with van der Waals surface area (Å²) in [6.07, 6.45) is 2.73. The Morgan fingerprint density at radius 3 is 2.94 bits per heavy atom. The minimum Gasteiger partial charge on any atom is -0.368 e. The molecule has 2 saturated heterocycles. The fraction of sp³-hybridized carbons (Fsp3) is 0.571. The predicted molar refractivity (Wildman–Crippen MR) is 71.1 cm³/mol. The van der Waals surface area contributed by atoms with Gasteiger partial charge in [-0.2, -0.15) is 0 Å². The number of benzene rings is 1. The van der Waals surface area contributed by atoms with Crippen molar-refractivity contribution >= 4 is 5.69 Å². The van der Waals surface area contributed by atoms with E-state index in [2.05, 4.69) is 34.1 Å². The zero-order valence-electron chi connectivity index (χ0n) is 10.3. The summed E-state index contributed by atoms with van der Waals surface area (Å²) < 4.78 is 0. The maximum Gasteiger partial charge on any atom is 0.0412 e. The van der Waals surface area contributed by atoms with Gasteiger partial charge < -0.3 is 10.6 Å². The molecule has 0 spiro atoms. The molecule has 92 valence electrons. The fourth-order valence-corrected chi connectivity index (χ4v) is 3.20. The Labute approximate surface area is 103 Å². The number of para-hydroxylation sites is 1. The van der Waals surface area contributed by atoms with Crippen LogP contribution in [0.3, 0.4) is 0 Å². The van der Waals surface area contributed by atoms with Gasteiger partial charge in [-0.3, -0.25) is 4.90 Å². The van der Waals surface area contributed by atoms with Crippen LogP contribution in [0, 0.1) is 0 Å². The number of nitrogens with zero attached hydrogens (tertiary/aromatic N) is 2. The third kappa shape index (κ3) is 2.05. The van der Waals surface area contributed by atoms with Crippen LogP contribution in [-0.4, -0.2) is 37.1 Å². The maximum atomic E-state index is 5.83. The molecule has 0 aliphatic carbocycles. The van der Waals surface area contributed by atoms with E-state index in [1.54, 1.807) is 0 Å². The van der Waals surface area contributed by atoms with Crippen molar-refractivity contribution < 1.29 is 0 Å². The molecular formula is C14H21N3. The third-order valence-corrected chi connectivity index (χ3v) is 4.14. The molecule has 2 fully saturated rings. The fourth-order valence-electron chi connectivity index (χ4n) is 3.20. The zero-order chi connectivity index (χ0) is 11.7. The van der Waals surface area contributed by atoms with Gasteiger partial charge in [0.15, 0.2) is 0 Å². The summed E-state index contributed by atoms with van der Waals surface area (Å²) in [5.41, 5.74) is 8.45. The molecule has 3 rings (SSSR count). The van der Waals surface area contributed by atoms with Crippen LogP contribution in [0.4, 0.5) is 5.69 Å². The first-order chi connectivity index (χ1) is 8.38. The molecular weight excluding hydrogens is 210 g/mol. The molecule has 3 nitrogen and oxygen atoms in total. The molecule has 2 aliphatic rings. The average molecular weight is 231 g/mol. The molecule has 0 saturated carbocycles. The highest BCUT2D eigenvalue weighted by Crippen LogP contribution is 2.27. The first-order valence-electron chi connectivity index (χ1n) is 6.65. The monoisotopic (exact) mass is 231 g/mol. The number of rotatable bonds is 2. The molecule has 0 aromatic heterocycles. The summed E-state index contributed by atoms with van der Waals surface area (Å²) >= 11 is 0. The highest BCUT2D eigenvalue weighted by molar-refractivity contribution is 5.54. The van der Waals surface area contributed by atoms with Crippen molar-refractivity contribution in [3.8, 4) is 0 Å². The van der Waals surface area contributed by atoms with Gasteiger partial charge in [0, 0.05) is 37.9 Å². The first-order valence-corrected chi connectivity index (χ1v) is 6.65. The van der Waals surface area contributed by atoms with Gasteiger partial charge in [-0.1, -0.05) is 18.2 Å². The van der Waals surface area contributed by atoms with Crippen molar-refractivity contribution in [1.29, 1.82) is 0 Å². The number of hydrogen-bond acceptors (Lipinski definition) is 3. The molecule has 2 N–H and O–H groups in total. The summed E-state index contributed by atoms with van der Waals surface area (Å²) in [4.78, 5) is 5.16. The van der Waals surface area contributed by atoms with E-state index in [0.29, 0.717) is 6.54 Å². The molecule has 2 heterocycles. The summed E-state index contributed by atoms with van der Waals surface area (Å²) in [5.74, 6) is 0.